The molecule has 4 aromatic rings. The van der Waals surface area contributed by atoms with E-state index in [4.69, 9.17) is 11.6 Å². The number of phenolic OH excluding ortho intramolecular Hbond substituents is 1. The Hall–Kier alpha value is -4.23. The van der Waals surface area contributed by atoms with E-state index in [0.29, 0.717) is 5.56 Å². The first kappa shape index (κ1) is 22.6. The summed E-state index contributed by atoms with van der Waals surface area (Å²) in [6, 6.07) is 18.1. The quantitative estimate of drug-likeness (QED) is 0.206. The molecule has 1 atom stereocenters. The van der Waals surface area contributed by atoms with Gasteiger partial charge in [-0.15, -0.1) is 0 Å². The van der Waals surface area contributed by atoms with E-state index in [1.807, 2.05) is 24.3 Å². The van der Waals surface area contributed by atoms with Crippen molar-refractivity contribution in [3.8, 4) is 5.75 Å². The Balaban J connectivity index is 1.75. The molecular formula is C27H16ClF2NO4. The maximum Gasteiger partial charge on any atom is 0.300 e. The van der Waals surface area contributed by atoms with E-state index in [0.717, 1.165) is 33.9 Å². The summed E-state index contributed by atoms with van der Waals surface area (Å²) in [5, 5.41) is 22.8. The van der Waals surface area contributed by atoms with Crippen molar-refractivity contribution >= 4 is 45.5 Å². The molecule has 1 aliphatic heterocycles. The monoisotopic (exact) mass is 491 g/mol. The molecule has 0 aromatic heterocycles. The summed E-state index contributed by atoms with van der Waals surface area (Å²) in [5.74, 6) is -5.03. The number of fused-ring (bicyclic) bond motifs is 1. The lowest BCUT2D eigenvalue weighted by Gasteiger charge is -2.25. The third-order valence-electron chi connectivity index (χ3n) is 5.94. The average molecular weight is 492 g/mol. The smallest absolute Gasteiger partial charge is 0.300 e. The lowest BCUT2D eigenvalue weighted by atomic mass is 9.94. The lowest BCUT2D eigenvalue weighted by molar-refractivity contribution is -0.132. The maximum atomic E-state index is 14.1. The van der Waals surface area contributed by atoms with E-state index in [9.17, 15) is 28.6 Å². The Morgan fingerprint density at radius 2 is 1.60 bits per heavy atom. The largest absolute Gasteiger partial charge is 0.507 e. The molecule has 1 saturated heterocycles. The standard InChI is InChI=1S/C27H16ClF2NO4/c28-19-12-16(7-10-22(19)32)24-23(25(33)17-6-5-14-3-1-2-4-15(14)11-17)26(34)27(35)31(24)18-8-9-20(29)21(30)13-18/h1-13,24,32-33H/b25-23-. The SMILES string of the molecule is O=C1C(=O)N(c2ccc(F)c(F)c2)C(c2ccc(O)c(Cl)c2)/C1=C(/O)c1ccc2ccccc2c1. The Labute approximate surface area is 203 Å². The number of hydrogen-bond acceptors (Lipinski definition) is 4. The molecule has 8 heteroatoms. The number of amides is 1. The summed E-state index contributed by atoms with van der Waals surface area (Å²) < 4.78 is 27.6. The topological polar surface area (TPSA) is 77.8 Å². The summed E-state index contributed by atoms with van der Waals surface area (Å²) in [5.41, 5.74) is 0.232. The molecule has 1 amide bonds. The van der Waals surface area contributed by atoms with E-state index in [-0.39, 0.29) is 27.6 Å². The fourth-order valence-corrected chi connectivity index (χ4v) is 4.42. The van der Waals surface area contributed by atoms with Gasteiger partial charge in [-0.1, -0.05) is 54.1 Å². The van der Waals surface area contributed by atoms with Gasteiger partial charge in [0.1, 0.15) is 11.5 Å². The Bertz CT molecular complexity index is 1570. The molecule has 5 nitrogen and oxygen atoms in total. The van der Waals surface area contributed by atoms with Crippen molar-refractivity contribution in [1.82, 2.24) is 0 Å². The second kappa shape index (κ2) is 8.52. The van der Waals surface area contributed by atoms with Gasteiger partial charge < -0.3 is 10.2 Å². The van der Waals surface area contributed by atoms with Crippen molar-refractivity contribution in [2.75, 3.05) is 4.90 Å². The molecule has 5 rings (SSSR count). The van der Waals surface area contributed by atoms with E-state index in [1.165, 1.54) is 18.2 Å². The van der Waals surface area contributed by atoms with Crippen LogP contribution in [0, 0.1) is 11.6 Å². The molecule has 0 saturated carbocycles. The second-order valence-electron chi connectivity index (χ2n) is 8.04. The molecule has 4 aromatic carbocycles. The van der Waals surface area contributed by atoms with Crippen LogP contribution in [-0.2, 0) is 9.59 Å². The van der Waals surface area contributed by atoms with Crippen LogP contribution < -0.4 is 4.90 Å². The summed E-state index contributed by atoms with van der Waals surface area (Å²) in [4.78, 5) is 27.3. The maximum absolute atomic E-state index is 14.1. The van der Waals surface area contributed by atoms with Crippen LogP contribution in [0.2, 0.25) is 5.02 Å². The summed E-state index contributed by atoms with van der Waals surface area (Å²) in [7, 11) is 0. The number of anilines is 1. The van der Waals surface area contributed by atoms with Gasteiger partial charge in [0.05, 0.1) is 16.6 Å². The van der Waals surface area contributed by atoms with Crippen molar-refractivity contribution in [2.24, 2.45) is 0 Å². The first-order valence-corrected chi connectivity index (χ1v) is 10.9. The van der Waals surface area contributed by atoms with Crippen LogP contribution in [0.1, 0.15) is 17.2 Å². The van der Waals surface area contributed by atoms with Gasteiger partial charge in [0.2, 0.25) is 0 Å². The molecular weight excluding hydrogens is 476 g/mol. The Morgan fingerprint density at radius 3 is 2.31 bits per heavy atom. The fourth-order valence-electron chi connectivity index (χ4n) is 4.23. The van der Waals surface area contributed by atoms with Gasteiger partial charge in [0.25, 0.3) is 11.7 Å². The van der Waals surface area contributed by atoms with Gasteiger partial charge in [-0.25, -0.2) is 8.78 Å². The molecule has 0 bridgehead atoms. The Kier molecular flexibility index (Phi) is 5.49. The highest BCUT2D eigenvalue weighted by Gasteiger charge is 2.47. The summed E-state index contributed by atoms with van der Waals surface area (Å²) >= 11 is 6.09. The van der Waals surface area contributed by atoms with Crippen molar-refractivity contribution in [3.05, 3.63) is 112 Å². The van der Waals surface area contributed by atoms with E-state index in [1.54, 1.807) is 18.2 Å². The predicted octanol–water partition coefficient (Wildman–Crippen LogP) is 6.10. The minimum absolute atomic E-state index is 0.0518. The number of halogens is 3. The molecule has 174 valence electrons. The lowest BCUT2D eigenvalue weighted by Crippen LogP contribution is -2.29. The Morgan fingerprint density at radius 1 is 0.857 bits per heavy atom. The third kappa shape index (κ3) is 3.80. The number of rotatable bonds is 3. The first-order chi connectivity index (χ1) is 16.8. The molecule has 0 radical (unpaired) electrons. The number of ketones is 1. The third-order valence-corrected chi connectivity index (χ3v) is 6.24. The van der Waals surface area contributed by atoms with Gasteiger partial charge in [-0.2, -0.15) is 0 Å². The molecule has 35 heavy (non-hydrogen) atoms. The fraction of sp³-hybridized carbons (Fsp3) is 0.0370. The minimum Gasteiger partial charge on any atom is -0.507 e. The molecule has 1 aliphatic rings. The average Bonchev–Trinajstić information content (AvgIpc) is 3.12. The number of nitrogens with zero attached hydrogens (tertiary/aromatic N) is 1. The highest BCUT2D eigenvalue weighted by molar-refractivity contribution is 6.51. The van der Waals surface area contributed by atoms with Crippen LogP contribution in [0.3, 0.4) is 0 Å². The number of aromatic hydroxyl groups is 1. The van der Waals surface area contributed by atoms with Crippen molar-refractivity contribution in [2.45, 2.75) is 6.04 Å². The number of aliphatic hydroxyl groups is 1. The van der Waals surface area contributed by atoms with Gasteiger partial charge >= 0.3 is 0 Å². The van der Waals surface area contributed by atoms with Crippen LogP contribution in [0.15, 0.2) is 84.4 Å². The number of carbonyl (C=O) groups excluding carboxylic acids is 2. The number of benzene rings is 4. The molecule has 0 spiro atoms. The first-order valence-electron chi connectivity index (χ1n) is 10.5. The van der Waals surface area contributed by atoms with Gasteiger partial charge in [-0.05, 0) is 46.7 Å². The van der Waals surface area contributed by atoms with Crippen molar-refractivity contribution in [1.29, 1.82) is 0 Å². The van der Waals surface area contributed by atoms with Crippen molar-refractivity contribution in [3.63, 3.8) is 0 Å². The van der Waals surface area contributed by atoms with Crippen LogP contribution in [0.4, 0.5) is 14.5 Å². The van der Waals surface area contributed by atoms with E-state index in [2.05, 4.69) is 0 Å². The van der Waals surface area contributed by atoms with Crippen LogP contribution in [0.25, 0.3) is 16.5 Å². The minimum atomic E-state index is -1.22. The van der Waals surface area contributed by atoms with Gasteiger partial charge in [-0.3, -0.25) is 14.5 Å². The molecule has 1 heterocycles. The van der Waals surface area contributed by atoms with Crippen molar-refractivity contribution < 1.29 is 28.6 Å². The number of phenols is 1. The highest BCUT2D eigenvalue weighted by atomic mass is 35.5. The van der Waals surface area contributed by atoms with Crippen LogP contribution in [0.5, 0.6) is 5.75 Å². The van der Waals surface area contributed by atoms with E-state index < -0.39 is 35.1 Å². The molecule has 1 fully saturated rings. The predicted molar refractivity (Wildman–Crippen MR) is 128 cm³/mol. The molecule has 2 N–H and O–H groups in total. The molecule has 0 aliphatic carbocycles. The van der Waals surface area contributed by atoms with Gasteiger partial charge in [0, 0.05) is 17.3 Å². The number of carbonyl (C=O) groups is 2. The van der Waals surface area contributed by atoms with Crippen LogP contribution in [-0.4, -0.2) is 21.9 Å². The summed E-state index contributed by atoms with van der Waals surface area (Å²) in [6.45, 7) is 0. The number of Topliss-reactive ketones (excluding diaryl/α,β-unsaturated/α-hetero) is 1. The zero-order chi connectivity index (χ0) is 24.9. The summed E-state index contributed by atoms with van der Waals surface area (Å²) in [6.07, 6.45) is 0. The number of aliphatic hydroxyl groups excluding tert-OH is 1. The zero-order valence-corrected chi connectivity index (χ0v) is 18.6. The molecule has 1 unspecified atom stereocenters. The highest BCUT2D eigenvalue weighted by Crippen LogP contribution is 2.44. The normalized spacial score (nSPS) is 17.3. The van der Waals surface area contributed by atoms with Crippen LogP contribution >= 0.6 is 11.6 Å². The van der Waals surface area contributed by atoms with Gasteiger partial charge in [0.15, 0.2) is 11.6 Å². The van der Waals surface area contributed by atoms with E-state index >= 15 is 0 Å². The zero-order valence-electron chi connectivity index (χ0n) is 17.9. The number of hydrogen-bond donors (Lipinski definition) is 2. The second-order valence-corrected chi connectivity index (χ2v) is 8.45.